The van der Waals surface area contributed by atoms with Crippen molar-refractivity contribution in [2.45, 2.75) is 40.5 Å². The highest BCUT2D eigenvalue weighted by atomic mass is 16.1. The lowest BCUT2D eigenvalue weighted by molar-refractivity contribution is -0.130. The monoisotopic (exact) mass is 192 g/mol. The average molecular weight is 192 g/mol. The molecule has 0 aromatic rings. The van der Waals surface area contributed by atoms with Gasteiger partial charge in [-0.05, 0) is 26.7 Å². The molecule has 0 amide bonds. The molecule has 1 heteroatoms. The fraction of sp³-hybridized carbons (Fsp3) is 0.615. The van der Waals surface area contributed by atoms with Crippen LogP contribution in [0.25, 0.3) is 0 Å². The van der Waals surface area contributed by atoms with E-state index in [9.17, 15) is 4.79 Å². The Morgan fingerprint density at radius 3 is 2.86 bits per heavy atom. The van der Waals surface area contributed by atoms with E-state index in [-0.39, 0.29) is 11.3 Å². The highest BCUT2D eigenvalue weighted by Gasteiger charge is 2.35. The summed E-state index contributed by atoms with van der Waals surface area (Å²) in [5.41, 5.74) is 1.13. The Bertz CT molecular complexity index is 282. The topological polar surface area (TPSA) is 17.1 Å². The van der Waals surface area contributed by atoms with Crippen molar-refractivity contribution >= 4 is 5.78 Å². The summed E-state index contributed by atoms with van der Waals surface area (Å²) in [6.07, 6.45) is 8.10. The SMILES string of the molecule is CC(C)=CCC1(C)CC=CC(C)C1=O. The first-order valence-corrected chi connectivity index (χ1v) is 5.30. The van der Waals surface area contributed by atoms with Gasteiger partial charge < -0.3 is 0 Å². The Kier molecular flexibility index (Phi) is 3.30. The molecule has 14 heavy (non-hydrogen) atoms. The second-order valence-corrected chi connectivity index (χ2v) is 4.83. The summed E-state index contributed by atoms with van der Waals surface area (Å²) < 4.78 is 0. The molecule has 0 aromatic carbocycles. The van der Waals surface area contributed by atoms with Crippen molar-refractivity contribution in [1.82, 2.24) is 0 Å². The standard InChI is InChI=1S/C13H20O/c1-10(2)7-9-13(4)8-5-6-11(3)12(13)14/h5-7,11H,8-9H2,1-4H3. The molecule has 1 nitrogen and oxygen atoms in total. The molecule has 2 unspecified atom stereocenters. The van der Waals surface area contributed by atoms with E-state index in [1.54, 1.807) is 0 Å². The molecule has 0 radical (unpaired) electrons. The van der Waals surface area contributed by atoms with Crippen molar-refractivity contribution in [3.05, 3.63) is 23.8 Å². The lowest BCUT2D eigenvalue weighted by Gasteiger charge is -2.31. The molecule has 0 aromatic heterocycles. The van der Waals surface area contributed by atoms with Gasteiger partial charge in [-0.3, -0.25) is 4.79 Å². The maximum absolute atomic E-state index is 12.0. The van der Waals surface area contributed by atoms with Crippen molar-refractivity contribution in [1.29, 1.82) is 0 Å². The van der Waals surface area contributed by atoms with Crippen LogP contribution in [0.4, 0.5) is 0 Å². The van der Waals surface area contributed by atoms with Gasteiger partial charge in [-0.1, -0.05) is 37.6 Å². The predicted molar refractivity (Wildman–Crippen MR) is 60.1 cm³/mol. The Labute approximate surface area is 86.9 Å². The Morgan fingerprint density at radius 1 is 1.64 bits per heavy atom. The molecule has 1 rings (SSSR count). The fourth-order valence-electron chi connectivity index (χ4n) is 1.88. The van der Waals surface area contributed by atoms with E-state index in [0.717, 1.165) is 12.8 Å². The first-order chi connectivity index (χ1) is 6.46. The average Bonchev–Trinajstić information content (AvgIpc) is 2.11. The minimum atomic E-state index is -0.161. The van der Waals surface area contributed by atoms with Crippen molar-refractivity contribution < 1.29 is 4.79 Å². The smallest absolute Gasteiger partial charge is 0.145 e. The van der Waals surface area contributed by atoms with Gasteiger partial charge in [-0.15, -0.1) is 0 Å². The third-order valence-corrected chi connectivity index (χ3v) is 2.96. The van der Waals surface area contributed by atoms with Gasteiger partial charge in [0.05, 0.1) is 0 Å². The van der Waals surface area contributed by atoms with Gasteiger partial charge in [0.2, 0.25) is 0 Å². The number of carbonyl (C=O) groups is 1. The van der Waals surface area contributed by atoms with E-state index in [0.29, 0.717) is 5.78 Å². The molecular formula is C13H20O. The number of allylic oxidation sites excluding steroid dienone is 4. The van der Waals surface area contributed by atoms with E-state index in [4.69, 9.17) is 0 Å². The molecule has 2 atom stereocenters. The van der Waals surface area contributed by atoms with Gasteiger partial charge in [-0.2, -0.15) is 0 Å². The third-order valence-electron chi connectivity index (χ3n) is 2.96. The van der Waals surface area contributed by atoms with Gasteiger partial charge in [0.25, 0.3) is 0 Å². The Hall–Kier alpha value is -0.850. The number of carbonyl (C=O) groups excluding carboxylic acids is 1. The molecule has 1 aliphatic rings. The van der Waals surface area contributed by atoms with Gasteiger partial charge >= 0.3 is 0 Å². The van der Waals surface area contributed by atoms with E-state index in [1.165, 1.54) is 5.57 Å². The summed E-state index contributed by atoms with van der Waals surface area (Å²) in [5, 5.41) is 0. The van der Waals surface area contributed by atoms with Crippen molar-refractivity contribution in [2.24, 2.45) is 11.3 Å². The lowest BCUT2D eigenvalue weighted by atomic mass is 9.71. The number of Topliss-reactive ketones (excluding diaryl/α,β-unsaturated/α-hetero) is 1. The van der Waals surface area contributed by atoms with Crippen LogP contribution in [-0.2, 0) is 4.79 Å². The summed E-state index contributed by atoms with van der Waals surface area (Å²) >= 11 is 0. The third kappa shape index (κ3) is 2.34. The summed E-state index contributed by atoms with van der Waals surface area (Å²) in [6.45, 7) is 8.22. The minimum Gasteiger partial charge on any atom is -0.298 e. The summed E-state index contributed by atoms with van der Waals surface area (Å²) in [6, 6.07) is 0. The zero-order valence-electron chi connectivity index (χ0n) is 9.63. The van der Waals surface area contributed by atoms with Crippen molar-refractivity contribution in [2.75, 3.05) is 0 Å². The number of rotatable bonds is 2. The molecule has 1 aliphatic carbocycles. The second-order valence-electron chi connectivity index (χ2n) is 4.83. The van der Waals surface area contributed by atoms with Crippen LogP contribution in [0.5, 0.6) is 0 Å². The van der Waals surface area contributed by atoms with Gasteiger partial charge in [0, 0.05) is 11.3 Å². The number of ketones is 1. The maximum Gasteiger partial charge on any atom is 0.145 e. The summed E-state index contributed by atoms with van der Waals surface area (Å²) in [5.74, 6) is 0.483. The number of hydrogen-bond acceptors (Lipinski definition) is 1. The summed E-state index contributed by atoms with van der Waals surface area (Å²) in [4.78, 5) is 12.0. The molecule has 0 saturated carbocycles. The van der Waals surface area contributed by atoms with Crippen LogP contribution in [0.3, 0.4) is 0 Å². The molecule has 0 bridgehead atoms. The molecule has 78 valence electrons. The normalized spacial score (nSPS) is 31.7. The van der Waals surface area contributed by atoms with Crippen LogP contribution < -0.4 is 0 Å². The van der Waals surface area contributed by atoms with Gasteiger partial charge in [-0.25, -0.2) is 0 Å². The molecule has 0 N–H and O–H groups in total. The number of hydrogen-bond donors (Lipinski definition) is 0. The van der Waals surface area contributed by atoms with Crippen LogP contribution in [0.15, 0.2) is 23.8 Å². The van der Waals surface area contributed by atoms with Crippen LogP contribution >= 0.6 is 0 Å². The van der Waals surface area contributed by atoms with Crippen molar-refractivity contribution in [3.8, 4) is 0 Å². The van der Waals surface area contributed by atoms with Gasteiger partial charge in [0.1, 0.15) is 5.78 Å². The summed E-state index contributed by atoms with van der Waals surface area (Å²) in [7, 11) is 0. The van der Waals surface area contributed by atoms with E-state index in [1.807, 2.05) is 13.0 Å². The molecular weight excluding hydrogens is 172 g/mol. The highest BCUT2D eigenvalue weighted by molar-refractivity contribution is 5.89. The quantitative estimate of drug-likeness (QED) is 0.612. The lowest BCUT2D eigenvalue weighted by Crippen LogP contribution is -2.33. The van der Waals surface area contributed by atoms with Crippen LogP contribution in [-0.4, -0.2) is 5.78 Å². The highest BCUT2D eigenvalue weighted by Crippen LogP contribution is 2.35. The molecule has 0 fully saturated rings. The first kappa shape index (κ1) is 11.2. The van der Waals surface area contributed by atoms with Crippen LogP contribution in [0, 0.1) is 11.3 Å². The predicted octanol–water partition coefficient (Wildman–Crippen LogP) is 3.51. The second kappa shape index (κ2) is 4.12. The largest absolute Gasteiger partial charge is 0.298 e. The zero-order chi connectivity index (χ0) is 10.8. The van der Waals surface area contributed by atoms with E-state index in [2.05, 4.69) is 32.9 Å². The molecule has 0 heterocycles. The fourth-order valence-corrected chi connectivity index (χ4v) is 1.88. The minimum absolute atomic E-state index is 0.0966. The molecule has 0 saturated heterocycles. The molecule has 0 spiro atoms. The van der Waals surface area contributed by atoms with Crippen LogP contribution in [0.1, 0.15) is 40.5 Å². The van der Waals surface area contributed by atoms with Crippen LogP contribution in [0.2, 0.25) is 0 Å². The zero-order valence-corrected chi connectivity index (χ0v) is 9.63. The van der Waals surface area contributed by atoms with E-state index < -0.39 is 0 Å². The first-order valence-electron chi connectivity index (χ1n) is 5.30. The van der Waals surface area contributed by atoms with Crippen molar-refractivity contribution in [3.63, 3.8) is 0 Å². The molecule has 0 aliphatic heterocycles. The Morgan fingerprint density at radius 2 is 2.29 bits per heavy atom. The maximum atomic E-state index is 12.0. The van der Waals surface area contributed by atoms with E-state index >= 15 is 0 Å². The Balaban J connectivity index is 2.79. The van der Waals surface area contributed by atoms with Gasteiger partial charge in [0.15, 0.2) is 0 Å².